The molecule has 3 aliphatic rings. The van der Waals surface area contributed by atoms with Crippen LogP contribution in [0.5, 0.6) is 0 Å². The number of rotatable bonds is 3. The lowest BCUT2D eigenvalue weighted by atomic mass is 9.88. The summed E-state index contributed by atoms with van der Waals surface area (Å²) in [5.74, 6) is 0.135. The lowest BCUT2D eigenvalue weighted by molar-refractivity contribution is -0.384. The minimum Gasteiger partial charge on any atom is -0.366 e. The summed E-state index contributed by atoms with van der Waals surface area (Å²) in [5.41, 5.74) is 4.40. The summed E-state index contributed by atoms with van der Waals surface area (Å²) < 4.78 is 0. The largest absolute Gasteiger partial charge is 0.366 e. The third-order valence-corrected chi connectivity index (χ3v) is 7.29. The topological polar surface area (TPSA) is 69.9 Å². The number of carbonyl (C=O) groups excluding carboxylic acids is 1. The molecule has 32 heavy (non-hydrogen) atoms. The molecule has 0 unspecified atom stereocenters. The van der Waals surface area contributed by atoms with Crippen molar-refractivity contribution in [2.24, 2.45) is 0 Å². The van der Waals surface area contributed by atoms with Gasteiger partial charge < -0.3 is 14.7 Å². The van der Waals surface area contributed by atoms with Crippen LogP contribution in [-0.4, -0.2) is 55.0 Å². The second-order valence-corrected chi connectivity index (χ2v) is 9.47. The van der Waals surface area contributed by atoms with E-state index in [1.54, 1.807) is 12.1 Å². The first-order valence-corrected chi connectivity index (χ1v) is 11.6. The van der Waals surface area contributed by atoms with Crippen molar-refractivity contribution >= 4 is 23.0 Å². The monoisotopic (exact) mass is 434 g/mol. The molecule has 0 aliphatic carbocycles. The fourth-order valence-electron chi connectivity index (χ4n) is 5.69. The molecule has 7 nitrogen and oxygen atoms in total. The van der Waals surface area contributed by atoms with E-state index >= 15 is 0 Å². The van der Waals surface area contributed by atoms with Gasteiger partial charge in [0.1, 0.15) is 5.69 Å². The summed E-state index contributed by atoms with van der Waals surface area (Å²) >= 11 is 0. The van der Waals surface area contributed by atoms with Gasteiger partial charge in [0.25, 0.3) is 11.6 Å². The second kappa shape index (κ2) is 8.20. The molecule has 2 fully saturated rings. The fraction of sp³-hybridized carbons (Fsp3) is 0.480. The van der Waals surface area contributed by atoms with Gasteiger partial charge >= 0.3 is 0 Å². The molecular formula is C25H30N4O3. The number of hydrogen-bond donors (Lipinski definition) is 0. The number of anilines is 2. The van der Waals surface area contributed by atoms with Crippen LogP contribution >= 0.6 is 0 Å². The Kier molecular flexibility index (Phi) is 5.37. The van der Waals surface area contributed by atoms with Crippen LogP contribution in [0.3, 0.4) is 0 Å². The Morgan fingerprint density at radius 1 is 1.03 bits per heavy atom. The smallest absolute Gasteiger partial charge is 0.293 e. The number of nitrogens with zero attached hydrogens (tertiary/aromatic N) is 4. The summed E-state index contributed by atoms with van der Waals surface area (Å²) in [6.45, 7) is 5.58. The molecule has 0 radical (unpaired) electrons. The zero-order chi connectivity index (χ0) is 22.4. The lowest BCUT2D eigenvalue weighted by Crippen LogP contribution is -2.47. The average Bonchev–Trinajstić information content (AvgIpc) is 3.11. The van der Waals surface area contributed by atoms with E-state index in [0.29, 0.717) is 11.3 Å². The minimum atomic E-state index is -0.347. The normalized spacial score (nSPS) is 23.1. The molecule has 5 rings (SSSR count). The summed E-state index contributed by atoms with van der Waals surface area (Å²) in [4.78, 5) is 31.6. The van der Waals surface area contributed by atoms with Gasteiger partial charge in [-0.15, -0.1) is 0 Å². The number of nitro benzene ring substituents is 1. The van der Waals surface area contributed by atoms with E-state index in [0.717, 1.165) is 57.5 Å². The highest BCUT2D eigenvalue weighted by Crippen LogP contribution is 2.46. The number of likely N-dealkylation sites (tertiary alicyclic amines) is 1. The SMILES string of the molecule is Cc1ccc2c(c1)[C@H]1CN(C)CC[C@H]1N2C(=O)c1ccc(N2CCCCC2)c([N+](=O)[O-])c1. The quantitative estimate of drug-likeness (QED) is 0.531. The number of fused-ring (bicyclic) bond motifs is 3. The molecule has 2 atom stereocenters. The van der Waals surface area contributed by atoms with Crippen molar-refractivity contribution in [1.82, 2.24) is 4.90 Å². The van der Waals surface area contributed by atoms with Gasteiger partial charge in [0.05, 0.1) is 4.92 Å². The molecule has 0 bridgehead atoms. The number of hydrogen-bond acceptors (Lipinski definition) is 5. The molecule has 2 aromatic rings. The van der Waals surface area contributed by atoms with Crippen LogP contribution in [0.15, 0.2) is 36.4 Å². The summed E-state index contributed by atoms with van der Waals surface area (Å²) in [6.07, 6.45) is 4.14. The van der Waals surface area contributed by atoms with Crippen LogP contribution in [0.25, 0.3) is 0 Å². The Hall–Kier alpha value is -2.93. The Morgan fingerprint density at radius 2 is 1.78 bits per heavy atom. The zero-order valence-electron chi connectivity index (χ0n) is 18.8. The van der Waals surface area contributed by atoms with Gasteiger partial charge in [-0.2, -0.15) is 0 Å². The van der Waals surface area contributed by atoms with Crippen LogP contribution in [0.4, 0.5) is 17.1 Å². The zero-order valence-corrected chi connectivity index (χ0v) is 18.8. The van der Waals surface area contributed by atoms with Gasteiger partial charge in [0, 0.05) is 48.9 Å². The number of nitro groups is 1. The van der Waals surface area contributed by atoms with Crippen molar-refractivity contribution in [3.8, 4) is 0 Å². The third-order valence-electron chi connectivity index (χ3n) is 7.29. The van der Waals surface area contributed by atoms with E-state index in [-0.39, 0.29) is 28.5 Å². The second-order valence-electron chi connectivity index (χ2n) is 9.47. The first kappa shape index (κ1) is 20.9. The summed E-state index contributed by atoms with van der Waals surface area (Å²) in [5, 5.41) is 11.9. The molecule has 3 aliphatic heterocycles. The number of piperidine rings is 2. The summed E-state index contributed by atoms with van der Waals surface area (Å²) in [6, 6.07) is 11.4. The van der Waals surface area contributed by atoms with Gasteiger partial charge in [0.2, 0.25) is 0 Å². The Morgan fingerprint density at radius 3 is 2.53 bits per heavy atom. The van der Waals surface area contributed by atoms with Crippen molar-refractivity contribution in [3.05, 3.63) is 63.2 Å². The molecule has 0 aromatic heterocycles. The standard InChI is InChI=1S/C25H30N4O3/c1-17-6-8-21-19(14-17)20-16-26(2)13-10-22(20)28(21)25(30)18-7-9-23(24(15-18)29(31)32)27-11-4-3-5-12-27/h6-9,14-15,20,22H,3-5,10-13,16H2,1-2H3/t20-,22-/m1/s1. The lowest BCUT2D eigenvalue weighted by Gasteiger charge is -2.36. The van der Waals surface area contributed by atoms with E-state index < -0.39 is 0 Å². The number of aryl methyl sites for hydroxylation is 1. The van der Waals surface area contributed by atoms with Crippen LogP contribution in [0, 0.1) is 17.0 Å². The number of likely N-dealkylation sites (N-methyl/N-ethyl adjacent to an activating group) is 1. The average molecular weight is 435 g/mol. The Bertz CT molecular complexity index is 1060. The van der Waals surface area contributed by atoms with Crippen molar-refractivity contribution in [3.63, 3.8) is 0 Å². The maximum absolute atomic E-state index is 13.8. The molecule has 168 valence electrons. The van der Waals surface area contributed by atoms with E-state index in [1.165, 1.54) is 17.2 Å². The molecule has 0 saturated carbocycles. The Balaban J connectivity index is 1.52. The molecule has 7 heteroatoms. The fourth-order valence-corrected chi connectivity index (χ4v) is 5.69. The van der Waals surface area contributed by atoms with Crippen LogP contribution in [-0.2, 0) is 0 Å². The van der Waals surface area contributed by atoms with E-state index in [2.05, 4.69) is 29.8 Å². The Labute approximate surface area is 188 Å². The maximum Gasteiger partial charge on any atom is 0.293 e. The summed E-state index contributed by atoms with van der Waals surface area (Å²) in [7, 11) is 2.12. The van der Waals surface area contributed by atoms with E-state index in [4.69, 9.17) is 0 Å². The third kappa shape index (κ3) is 3.54. The van der Waals surface area contributed by atoms with Gasteiger partial charge in [-0.1, -0.05) is 17.7 Å². The van der Waals surface area contributed by atoms with Crippen molar-refractivity contribution < 1.29 is 9.72 Å². The molecule has 0 N–H and O–H groups in total. The molecule has 2 saturated heterocycles. The number of amides is 1. The number of benzene rings is 2. The van der Waals surface area contributed by atoms with Gasteiger partial charge in [-0.05, 0) is 70.0 Å². The van der Waals surface area contributed by atoms with Gasteiger partial charge in [-0.3, -0.25) is 14.9 Å². The molecule has 3 heterocycles. The highest BCUT2D eigenvalue weighted by atomic mass is 16.6. The molecule has 2 aromatic carbocycles. The van der Waals surface area contributed by atoms with Gasteiger partial charge in [-0.25, -0.2) is 0 Å². The maximum atomic E-state index is 13.8. The van der Waals surface area contributed by atoms with Gasteiger partial charge in [0.15, 0.2) is 0 Å². The first-order chi connectivity index (χ1) is 15.4. The minimum absolute atomic E-state index is 0.0287. The number of carbonyl (C=O) groups is 1. The van der Waals surface area contributed by atoms with Crippen molar-refractivity contribution in [2.75, 3.05) is 43.0 Å². The van der Waals surface area contributed by atoms with E-state index in [9.17, 15) is 14.9 Å². The van der Waals surface area contributed by atoms with Crippen LogP contribution < -0.4 is 9.80 Å². The predicted molar refractivity (Wildman–Crippen MR) is 126 cm³/mol. The van der Waals surface area contributed by atoms with Crippen molar-refractivity contribution in [2.45, 2.75) is 44.6 Å². The molecular weight excluding hydrogens is 404 g/mol. The predicted octanol–water partition coefficient (Wildman–Crippen LogP) is 4.34. The van der Waals surface area contributed by atoms with Crippen LogP contribution in [0.2, 0.25) is 0 Å². The highest BCUT2D eigenvalue weighted by Gasteiger charge is 2.44. The highest BCUT2D eigenvalue weighted by molar-refractivity contribution is 6.09. The first-order valence-electron chi connectivity index (χ1n) is 11.6. The van der Waals surface area contributed by atoms with Crippen molar-refractivity contribution in [1.29, 1.82) is 0 Å². The molecule has 1 amide bonds. The molecule has 0 spiro atoms. The van der Waals surface area contributed by atoms with E-state index in [1.807, 2.05) is 17.0 Å². The van der Waals surface area contributed by atoms with Crippen LogP contribution in [0.1, 0.15) is 53.1 Å².